The first-order chi connectivity index (χ1) is 5.06. The minimum atomic E-state index is -0.845. The van der Waals surface area contributed by atoms with E-state index in [4.69, 9.17) is 0 Å². The minimum Gasteiger partial charge on any atom is -0.278 e. The number of amides is 4. The average molecular weight is 156 g/mol. The second-order valence-electron chi connectivity index (χ2n) is 1.70. The molecule has 0 spiro atoms. The lowest BCUT2D eigenvalue weighted by Crippen LogP contribution is -2.40. The Bertz CT molecular complexity index is 210. The maximum Gasteiger partial charge on any atom is 0.328 e. The van der Waals surface area contributed by atoms with Crippen LogP contribution in [-0.2, 0) is 9.59 Å². The summed E-state index contributed by atoms with van der Waals surface area (Å²) in [6.45, 7) is 4.28. The zero-order valence-electron chi connectivity index (χ0n) is 6.01. The number of hydrogen-bond donors (Lipinski definition) is 2. The highest BCUT2D eigenvalue weighted by atomic mass is 16.2. The maximum absolute atomic E-state index is 10.5. The second-order valence-corrected chi connectivity index (χ2v) is 1.70. The molecule has 5 nitrogen and oxygen atoms in total. The fraction of sp³-hybridized carbons (Fsp3) is 0.167. The number of carbonyl (C=O) groups excluding carboxylic acids is 3. The largest absolute Gasteiger partial charge is 0.328 e. The summed E-state index contributed by atoms with van der Waals surface area (Å²) in [5.41, 5.74) is 0. The molecule has 0 bridgehead atoms. The number of imide groups is 2. The van der Waals surface area contributed by atoms with E-state index in [-0.39, 0.29) is 0 Å². The summed E-state index contributed by atoms with van der Waals surface area (Å²) >= 11 is 0. The van der Waals surface area contributed by atoms with Gasteiger partial charge in [-0.3, -0.25) is 20.2 Å². The predicted octanol–water partition coefficient (Wildman–Crippen LogP) is -0.455. The maximum atomic E-state index is 10.5. The molecule has 0 rings (SSSR count). The van der Waals surface area contributed by atoms with E-state index in [1.54, 1.807) is 0 Å². The molecule has 0 unspecified atom stereocenters. The molecule has 60 valence electrons. The highest BCUT2D eigenvalue weighted by molar-refractivity contribution is 6.04. The molecule has 0 saturated heterocycles. The van der Waals surface area contributed by atoms with Crippen LogP contribution in [-0.4, -0.2) is 17.8 Å². The molecular weight excluding hydrogens is 148 g/mol. The van der Waals surface area contributed by atoms with Gasteiger partial charge < -0.3 is 0 Å². The van der Waals surface area contributed by atoms with Crippen LogP contribution >= 0.6 is 0 Å². The van der Waals surface area contributed by atoms with Crippen molar-refractivity contribution >= 4 is 17.8 Å². The van der Waals surface area contributed by atoms with E-state index in [0.717, 1.165) is 13.0 Å². The Morgan fingerprint density at radius 1 is 1.27 bits per heavy atom. The van der Waals surface area contributed by atoms with Crippen LogP contribution in [0.3, 0.4) is 0 Å². The van der Waals surface area contributed by atoms with E-state index >= 15 is 0 Å². The van der Waals surface area contributed by atoms with Gasteiger partial charge in [-0.2, -0.15) is 0 Å². The van der Waals surface area contributed by atoms with Gasteiger partial charge in [0.2, 0.25) is 5.91 Å². The van der Waals surface area contributed by atoms with Crippen molar-refractivity contribution in [3.8, 4) is 0 Å². The molecule has 11 heavy (non-hydrogen) atoms. The molecule has 0 aromatic carbocycles. The third kappa shape index (κ3) is 4.83. The molecule has 0 saturated carbocycles. The molecule has 0 fully saturated rings. The molecule has 0 radical (unpaired) electrons. The van der Waals surface area contributed by atoms with Crippen LogP contribution < -0.4 is 10.6 Å². The Hall–Kier alpha value is -1.65. The van der Waals surface area contributed by atoms with Crippen LogP contribution in [0.1, 0.15) is 6.92 Å². The standard InChI is InChI=1S/C6H8N2O3/c1-3-5(10)8-6(11)7-4(2)9/h3H,1H2,2H3,(H2,7,8,9,10,11). The minimum absolute atomic E-state index is 0.528. The van der Waals surface area contributed by atoms with Crippen LogP contribution in [0.25, 0.3) is 0 Å². The van der Waals surface area contributed by atoms with Gasteiger partial charge in [0.1, 0.15) is 0 Å². The molecule has 0 aliphatic carbocycles. The summed E-state index contributed by atoms with van der Waals surface area (Å²) in [7, 11) is 0. The number of urea groups is 1. The number of rotatable bonds is 1. The zero-order valence-corrected chi connectivity index (χ0v) is 6.01. The van der Waals surface area contributed by atoms with Crippen molar-refractivity contribution < 1.29 is 14.4 Å². The first kappa shape index (κ1) is 9.35. The molecule has 0 aliphatic heterocycles. The quantitative estimate of drug-likeness (QED) is 0.504. The van der Waals surface area contributed by atoms with Gasteiger partial charge in [-0.05, 0) is 6.08 Å². The first-order valence-electron chi connectivity index (χ1n) is 2.81. The summed E-state index contributed by atoms with van der Waals surface area (Å²) in [6, 6.07) is -0.845. The Labute approximate surface area is 63.5 Å². The third-order valence-corrected chi connectivity index (χ3v) is 0.712. The fourth-order valence-corrected chi connectivity index (χ4v) is 0.354. The van der Waals surface area contributed by atoms with Crippen molar-refractivity contribution in [1.29, 1.82) is 0 Å². The molecular formula is C6H8N2O3. The summed E-state index contributed by atoms with van der Waals surface area (Å²) in [6.07, 6.45) is 0.930. The smallest absolute Gasteiger partial charge is 0.278 e. The van der Waals surface area contributed by atoms with E-state index in [0.29, 0.717) is 0 Å². The highest BCUT2D eigenvalue weighted by Crippen LogP contribution is 1.68. The lowest BCUT2D eigenvalue weighted by atomic mass is 10.6. The molecule has 0 heterocycles. The van der Waals surface area contributed by atoms with E-state index in [1.165, 1.54) is 0 Å². The normalized spacial score (nSPS) is 8.09. The van der Waals surface area contributed by atoms with Gasteiger partial charge in [0.05, 0.1) is 0 Å². The average Bonchev–Trinajstić information content (AvgIpc) is 1.85. The van der Waals surface area contributed by atoms with E-state index in [2.05, 4.69) is 6.58 Å². The molecule has 4 amide bonds. The fourth-order valence-electron chi connectivity index (χ4n) is 0.354. The Morgan fingerprint density at radius 2 is 1.82 bits per heavy atom. The van der Waals surface area contributed by atoms with Crippen molar-refractivity contribution in [2.24, 2.45) is 0 Å². The van der Waals surface area contributed by atoms with Gasteiger partial charge in [0, 0.05) is 6.92 Å². The van der Waals surface area contributed by atoms with Gasteiger partial charge in [0.25, 0.3) is 5.91 Å². The molecule has 2 N–H and O–H groups in total. The van der Waals surface area contributed by atoms with Crippen LogP contribution in [0.15, 0.2) is 12.7 Å². The number of nitrogens with one attached hydrogen (secondary N) is 2. The Morgan fingerprint density at radius 3 is 2.18 bits per heavy atom. The molecule has 0 atom stereocenters. The van der Waals surface area contributed by atoms with Crippen molar-refractivity contribution in [3.05, 3.63) is 12.7 Å². The summed E-state index contributed by atoms with van der Waals surface area (Å²) in [5.74, 6) is -1.18. The summed E-state index contributed by atoms with van der Waals surface area (Å²) in [5, 5.41) is 3.68. The Balaban J connectivity index is 3.78. The van der Waals surface area contributed by atoms with Crippen molar-refractivity contribution in [3.63, 3.8) is 0 Å². The van der Waals surface area contributed by atoms with Crippen molar-refractivity contribution in [1.82, 2.24) is 10.6 Å². The van der Waals surface area contributed by atoms with Crippen LogP contribution in [0.5, 0.6) is 0 Å². The van der Waals surface area contributed by atoms with Gasteiger partial charge in [-0.1, -0.05) is 6.58 Å². The predicted molar refractivity (Wildman–Crippen MR) is 37.6 cm³/mol. The third-order valence-electron chi connectivity index (χ3n) is 0.712. The van der Waals surface area contributed by atoms with Gasteiger partial charge in [-0.25, -0.2) is 4.79 Å². The molecule has 0 aliphatic rings. The van der Waals surface area contributed by atoms with E-state index in [1.807, 2.05) is 10.6 Å². The van der Waals surface area contributed by atoms with E-state index < -0.39 is 17.8 Å². The number of carbonyl (C=O) groups is 3. The lowest BCUT2D eigenvalue weighted by molar-refractivity contribution is -0.118. The summed E-state index contributed by atoms with van der Waals surface area (Å²) in [4.78, 5) is 31.1. The van der Waals surface area contributed by atoms with Gasteiger partial charge in [0.15, 0.2) is 0 Å². The summed E-state index contributed by atoms with van der Waals surface area (Å²) < 4.78 is 0. The Kier molecular flexibility index (Phi) is 3.58. The molecule has 5 heteroatoms. The molecule has 0 aromatic rings. The van der Waals surface area contributed by atoms with Crippen LogP contribution in [0, 0.1) is 0 Å². The van der Waals surface area contributed by atoms with Crippen LogP contribution in [0.4, 0.5) is 4.79 Å². The highest BCUT2D eigenvalue weighted by Gasteiger charge is 2.04. The first-order valence-corrected chi connectivity index (χ1v) is 2.81. The zero-order chi connectivity index (χ0) is 8.85. The lowest BCUT2D eigenvalue weighted by Gasteiger charge is -1.98. The molecule has 0 aromatic heterocycles. The van der Waals surface area contributed by atoms with Crippen molar-refractivity contribution in [2.45, 2.75) is 6.92 Å². The van der Waals surface area contributed by atoms with E-state index in [9.17, 15) is 14.4 Å². The van der Waals surface area contributed by atoms with Gasteiger partial charge in [-0.15, -0.1) is 0 Å². The van der Waals surface area contributed by atoms with Crippen molar-refractivity contribution in [2.75, 3.05) is 0 Å². The topological polar surface area (TPSA) is 75.3 Å². The second kappa shape index (κ2) is 4.21. The number of hydrogen-bond acceptors (Lipinski definition) is 3. The van der Waals surface area contributed by atoms with Crippen LogP contribution in [0.2, 0.25) is 0 Å². The monoisotopic (exact) mass is 156 g/mol. The SMILES string of the molecule is C=CC(=O)NC(=O)NC(C)=O. The van der Waals surface area contributed by atoms with Gasteiger partial charge >= 0.3 is 6.03 Å².